The minimum absolute atomic E-state index is 0.102. The minimum Gasteiger partial charge on any atom is -0.353 e. The summed E-state index contributed by atoms with van der Waals surface area (Å²) in [6, 6.07) is 19.8. The third-order valence-electron chi connectivity index (χ3n) is 5.99. The predicted octanol–water partition coefficient (Wildman–Crippen LogP) is 5.48. The number of benzene rings is 2. The van der Waals surface area contributed by atoms with Crippen LogP contribution >= 0.6 is 0 Å². The van der Waals surface area contributed by atoms with E-state index in [-0.39, 0.29) is 11.7 Å². The van der Waals surface area contributed by atoms with E-state index in [2.05, 4.69) is 41.2 Å². The first kappa shape index (κ1) is 21.8. The van der Waals surface area contributed by atoms with Gasteiger partial charge in [0.2, 0.25) is 0 Å². The molecule has 5 heteroatoms. The van der Waals surface area contributed by atoms with Crippen LogP contribution in [0.4, 0.5) is 5.69 Å². The summed E-state index contributed by atoms with van der Waals surface area (Å²) in [5.74, 6) is -0.0301. The molecule has 0 spiro atoms. The first-order chi connectivity index (χ1) is 15.6. The summed E-state index contributed by atoms with van der Waals surface area (Å²) >= 11 is 0. The molecule has 1 aliphatic rings. The number of rotatable bonds is 9. The van der Waals surface area contributed by atoms with Gasteiger partial charge in [-0.3, -0.25) is 9.59 Å². The van der Waals surface area contributed by atoms with E-state index in [4.69, 9.17) is 0 Å². The third-order valence-corrected chi connectivity index (χ3v) is 5.99. The fourth-order valence-corrected chi connectivity index (χ4v) is 4.10. The van der Waals surface area contributed by atoms with E-state index in [1.54, 1.807) is 6.07 Å². The Hall–Kier alpha value is -3.44. The lowest BCUT2D eigenvalue weighted by atomic mass is 10.00. The van der Waals surface area contributed by atoms with Gasteiger partial charge in [0, 0.05) is 23.4 Å². The lowest BCUT2D eigenvalue weighted by Gasteiger charge is -2.17. The SMILES string of the molecule is CCN(CC)CCCC(=O)c1ccc(/C=C2\C(=O)Nc3cc(-c4ccccc4)ccc32)[nH]1. The van der Waals surface area contributed by atoms with E-state index < -0.39 is 0 Å². The number of amides is 1. The van der Waals surface area contributed by atoms with Crippen molar-refractivity contribution in [2.75, 3.05) is 25.0 Å². The van der Waals surface area contributed by atoms with Crippen molar-refractivity contribution in [2.45, 2.75) is 26.7 Å². The van der Waals surface area contributed by atoms with Gasteiger partial charge < -0.3 is 15.2 Å². The number of carbonyl (C=O) groups excluding carboxylic acids is 2. The third kappa shape index (κ3) is 4.73. The summed E-state index contributed by atoms with van der Waals surface area (Å²) in [5, 5.41) is 2.96. The fourth-order valence-electron chi connectivity index (χ4n) is 4.10. The number of aromatic nitrogens is 1. The second-order valence-corrected chi connectivity index (χ2v) is 8.02. The summed E-state index contributed by atoms with van der Waals surface area (Å²) < 4.78 is 0. The Bertz CT molecular complexity index is 1140. The Morgan fingerprint density at radius 1 is 0.969 bits per heavy atom. The molecule has 0 saturated heterocycles. The van der Waals surface area contributed by atoms with Crippen molar-refractivity contribution in [1.82, 2.24) is 9.88 Å². The first-order valence-corrected chi connectivity index (χ1v) is 11.3. The maximum absolute atomic E-state index is 12.6. The summed E-state index contributed by atoms with van der Waals surface area (Å²) in [6.45, 7) is 7.20. The fraction of sp³-hybridized carbons (Fsp3) is 0.259. The average Bonchev–Trinajstić information content (AvgIpc) is 3.41. The largest absolute Gasteiger partial charge is 0.353 e. The molecule has 4 rings (SSSR count). The van der Waals surface area contributed by atoms with Crippen molar-refractivity contribution in [3.8, 4) is 11.1 Å². The van der Waals surface area contributed by atoms with Crippen LogP contribution in [0, 0.1) is 0 Å². The van der Waals surface area contributed by atoms with Gasteiger partial charge in [0.1, 0.15) is 0 Å². The number of aromatic amines is 1. The second-order valence-electron chi connectivity index (χ2n) is 8.02. The van der Waals surface area contributed by atoms with Crippen molar-refractivity contribution in [3.05, 3.63) is 77.6 Å². The number of fused-ring (bicyclic) bond motifs is 1. The molecule has 0 saturated carbocycles. The van der Waals surface area contributed by atoms with Gasteiger partial charge in [0.05, 0.1) is 11.3 Å². The van der Waals surface area contributed by atoms with E-state index in [1.807, 2.05) is 48.5 Å². The molecular formula is C27H29N3O2. The van der Waals surface area contributed by atoms with Crippen LogP contribution in [-0.4, -0.2) is 41.2 Å². The van der Waals surface area contributed by atoms with Crippen molar-refractivity contribution < 1.29 is 9.59 Å². The van der Waals surface area contributed by atoms with Gasteiger partial charge in [-0.25, -0.2) is 0 Å². The van der Waals surface area contributed by atoms with Gasteiger partial charge in [-0.15, -0.1) is 0 Å². The zero-order chi connectivity index (χ0) is 22.5. The molecule has 5 nitrogen and oxygen atoms in total. The van der Waals surface area contributed by atoms with Crippen LogP contribution in [0.15, 0.2) is 60.7 Å². The zero-order valence-corrected chi connectivity index (χ0v) is 18.7. The molecule has 2 aromatic carbocycles. The predicted molar refractivity (Wildman–Crippen MR) is 131 cm³/mol. The number of Topliss-reactive ketones (excluding diaryl/α,β-unsaturated/α-hetero) is 1. The topological polar surface area (TPSA) is 65.2 Å². The second kappa shape index (κ2) is 9.79. The highest BCUT2D eigenvalue weighted by Gasteiger charge is 2.24. The molecule has 0 aliphatic carbocycles. The van der Waals surface area contributed by atoms with E-state index in [1.165, 1.54) is 0 Å². The van der Waals surface area contributed by atoms with E-state index in [0.717, 1.165) is 54.1 Å². The number of nitrogens with one attached hydrogen (secondary N) is 2. The van der Waals surface area contributed by atoms with Crippen LogP contribution in [0.25, 0.3) is 22.8 Å². The van der Waals surface area contributed by atoms with Gasteiger partial charge in [0.15, 0.2) is 5.78 Å². The van der Waals surface area contributed by atoms with Crippen LogP contribution in [0.1, 0.15) is 48.4 Å². The molecule has 0 bridgehead atoms. The van der Waals surface area contributed by atoms with Crippen molar-refractivity contribution >= 4 is 29.0 Å². The van der Waals surface area contributed by atoms with Crippen LogP contribution in [0.5, 0.6) is 0 Å². The Morgan fingerprint density at radius 2 is 1.75 bits per heavy atom. The summed E-state index contributed by atoms with van der Waals surface area (Å²) in [6.07, 6.45) is 3.17. The molecule has 3 aromatic rings. The Balaban J connectivity index is 1.48. The molecule has 32 heavy (non-hydrogen) atoms. The summed E-state index contributed by atoms with van der Waals surface area (Å²) in [5.41, 5.74) is 5.79. The highest BCUT2D eigenvalue weighted by Crippen LogP contribution is 2.36. The average molecular weight is 428 g/mol. The van der Waals surface area contributed by atoms with Gasteiger partial charge in [0.25, 0.3) is 5.91 Å². The molecule has 164 valence electrons. The van der Waals surface area contributed by atoms with Crippen molar-refractivity contribution in [3.63, 3.8) is 0 Å². The number of nitrogens with zero attached hydrogens (tertiary/aromatic N) is 1. The molecule has 1 amide bonds. The summed E-state index contributed by atoms with van der Waals surface area (Å²) in [4.78, 5) is 30.7. The molecule has 0 atom stereocenters. The molecule has 2 heterocycles. The van der Waals surface area contributed by atoms with Gasteiger partial charge in [-0.1, -0.05) is 56.3 Å². The molecule has 0 radical (unpaired) electrons. The van der Waals surface area contributed by atoms with Gasteiger partial charge >= 0.3 is 0 Å². The van der Waals surface area contributed by atoms with Crippen LogP contribution in [-0.2, 0) is 4.79 Å². The smallest absolute Gasteiger partial charge is 0.256 e. The number of hydrogen-bond acceptors (Lipinski definition) is 3. The molecular weight excluding hydrogens is 398 g/mol. The van der Waals surface area contributed by atoms with Crippen LogP contribution < -0.4 is 5.32 Å². The highest BCUT2D eigenvalue weighted by molar-refractivity contribution is 6.35. The van der Waals surface area contributed by atoms with Crippen LogP contribution in [0.2, 0.25) is 0 Å². The Morgan fingerprint density at radius 3 is 2.50 bits per heavy atom. The summed E-state index contributed by atoms with van der Waals surface area (Å²) in [7, 11) is 0. The molecule has 2 N–H and O–H groups in total. The lowest BCUT2D eigenvalue weighted by molar-refractivity contribution is -0.110. The maximum Gasteiger partial charge on any atom is 0.256 e. The number of carbonyl (C=O) groups is 2. The van der Waals surface area contributed by atoms with Crippen LogP contribution in [0.3, 0.4) is 0 Å². The van der Waals surface area contributed by atoms with Gasteiger partial charge in [-0.2, -0.15) is 0 Å². The molecule has 1 aliphatic heterocycles. The normalized spacial score (nSPS) is 14.1. The van der Waals surface area contributed by atoms with Crippen molar-refractivity contribution in [2.24, 2.45) is 0 Å². The Kier molecular flexibility index (Phi) is 6.66. The number of ketones is 1. The quantitative estimate of drug-likeness (QED) is 0.351. The first-order valence-electron chi connectivity index (χ1n) is 11.3. The highest BCUT2D eigenvalue weighted by atomic mass is 16.2. The van der Waals surface area contributed by atoms with Gasteiger partial charge in [-0.05, 0) is 61.5 Å². The monoisotopic (exact) mass is 427 g/mol. The molecule has 0 unspecified atom stereocenters. The lowest BCUT2D eigenvalue weighted by Crippen LogP contribution is -2.24. The number of anilines is 1. The maximum atomic E-state index is 12.6. The molecule has 1 aromatic heterocycles. The Labute approximate surface area is 189 Å². The standard InChI is InChI=1S/C27H29N3O2/c1-3-30(4-2)16-8-11-26(31)24-15-13-21(28-24)18-23-22-14-12-20(17-25(22)29-27(23)32)19-9-6-5-7-10-19/h5-7,9-10,12-15,17-18,28H,3-4,8,11,16H2,1-2H3,(H,29,32)/b23-18-. The number of H-pyrrole nitrogens is 1. The minimum atomic E-state index is -0.132. The van der Waals surface area contributed by atoms with E-state index in [0.29, 0.717) is 17.7 Å². The van der Waals surface area contributed by atoms with E-state index >= 15 is 0 Å². The van der Waals surface area contributed by atoms with Crippen molar-refractivity contribution in [1.29, 1.82) is 0 Å². The van der Waals surface area contributed by atoms with E-state index in [9.17, 15) is 9.59 Å². The molecule has 0 fully saturated rings. The number of hydrogen-bond donors (Lipinski definition) is 2. The zero-order valence-electron chi connectivity index (χ0n) is 18.7.